The van der Waals surface area contributed by atoms with Crippen LogP contribution in [-0.4, -0.2) is 58.4 Å². The second-order valence-corrected chi connectivity index (χ2v) is 8.33. The number of ether oxygens (including phenoxy) is 1. The lowest BCUT2D eigenvalue weighted by molar-refractivity contribution is 0.201. The van der Waals surface area contributed by atoms with Gasteiger partial charge in [0.15, 0.2) is 5.82 Å². The Morgan fingerprint density at radius 2 is 1.57 bits per heavy atom. The molecule has 5 rings (SSSR count). The Morgan fingerprint density at radius 1 is 0.886 bits per heavy atom. The normalized spacial score (nSPS) is 14.9. The molecule has 0 radical (unpaired) electrons. The number of rotatable bonds is 7. The molecule has 1 aliphatic rings. The molecule has 2 heterocycles. The molecule has 9 heteroatoms. The highest BCUT2D eigenvalue weighted by Gasteiger charge is 2.31. The quantitative estimate of drug-likeness (QED) is 0.384. The molecule has 1 aromatic heterocycles. The summed E-state index contributed by atoms with van der Waals surface area (Å²) >= 11 is 0. The molecule has 0 spiro atoms. The highest BCUT2D eigenvalue weighted by atomic mass is 35.5. The Hall–Kier alpha value is -3.49. The molecular weight excluding hydrogens is 467 g/mol. The Kier molecular flexibility index (Phi) is 7.94. The topological polar surface area (TPSA) is 59.3 Å². The van der Waals surface area contributed by atoms with Crippen molar-refractivity contribution in [3.8, 4) is 5.75 Å². The molecule has 0 aliphatic carbocycles. The number of benzene rings is 3. The van der Waals surface area contributed by atoms with E-state index in [1.807, 2.05) is 59.3 Å². The van der Waals surface area contributed by atoms with E-state index in [0.717, 1.165) is 48.9 Å². The van der Waals surface area contributed by atoms with Gasteiger partial charge >= 0.3 is 0 Å². The van der Waals surface area contributed by atoms with Gasteiger partial charge in [0.1, 0.15) is 11.6 Å². The summed E-state index contributed by atoms with van der Waals surface area (Å²) in [7, 11) is 1.66. The van der Waals surface area contributed by atoms with Gasteiger partial charge in [-0.1, -0.05) is 54.6 Å². The summed E-state index contributed by atoms with van der Waals surface area (Å²) in [4.78, 5) is 4.48. The lowest BCUT2D eigenvalue weighted by atomic mass is 10.0. The van der Waals surface area contributed by atoms with Gasteiger partial charge < -0.3 is 9.64 Å². The molecule has 1 saturated heterocycles. The Bertz CT molecular complexity index is 1210. The molecule has 1 aliphatic heterocycles. The molecular formula is C26H28ClFN6O. The second kappa shape index (κ2) is 11.3. The fraction of sp³-hybridized carbons (Fsp3) is 0.269. The van der Waals surface area contributed by atoms with Crippen LogP contribution in [0.25, 0.3) is 0 Å². The van der Waals surface area contributed by atoms with E-state index >= 15 is 0 Å². The smallest absolute Gasteiger partial charge is 0.173 e. The summed E-state index contributed by atoms with van der Waals surface area (Å²) in [6.07, 6.45) is 0. The van der Waals surface area contributed by atoms with Crippen molar-refractivity contribution in [1.29, 1.82) is 0 Å². The minimum absolute atomic E-state index is 0. The molecule has 3 aromatic carbocycles. The van der Waals surface area contributed by atoms with Crippen molar-refractivity contribution in [1.82, 2.24) is 25.1 Å². The van der Waals surface area contributed by atoms with Crippen LogP contribution in [-0.2, 0) is 6.54 Å². The standard InChI is InChI=1S/C26H27FN6O.ClH/c1-34-22-13-11-20(12-14-22)19-33-26(28-29-30-33)25(21-7-3-2-4-8-21)32-17-15-31(16-18-32)24-10-6-5-9-23(24)27;/h2-14,25H,15-19H2,1H3;1H. The van der Waals surface area contributed by atoms with E-state index in [2.05, 4.69) is 37.5 Å². The highest BCUT2D eigenvalue weighted by molar-refractivity contribution is 5.85. The van der Waals surface area contributed by atoms with Crippen LogP contribution < -0.4 is 9.64 Å². The van der Waals surface area contributed by atoms with Crippen molar-refractivity contribution in [3.63, 3.8) is 0 Å². The first-order valence-electron chi connectivity index (χ1n) is 11.4. The van der Waals surface area contributed by atoms with E-state index in [4.69, 9.17) is 4.74 Å². The zero-order chi connectivity index (χ0) is 23.3. The van der Waals surface area contributed by atoms with Crippen LogP contribution in [0.3, 0.4) is 0 Å². The third-order valence-electron chi connectivity index (χ3n) is 6.28. The Labute approximate surface area is 210 Å². The van der Waals surface area contributed by atoms with Gasteiger partial charge in [-0.15, -0.1) is 17.5 Å². The molecule has 0 amide bonds. The van der Waals surface area contributed by atoms with Crippen molar-refractivity contribution >= 4 is 18.1 Å². The van der Waals surface area contributed by atoms with E-state index in [-0.39, 0.29) is 24.3 Å². The zero-order valence-electron chi connectivity index (χ0n) is 19.5. The van der Waals surface area contributed by atoms with Gasteiger partial charge in [0, 0.05) is 26.2 Å². The van der Waals surface area contributed by atoms with Gasteiger partial charge in [-0.05, 0) is 45.8 Å². The van der Waals surface area contributed by atoms with Crippen LogP contribution >= 0.6 is 12.4 Å². The first-order valence-corrected chi connectivity index (χ1v) is 11.4. The summed E-state index contributed by atoms with van der Waals surface area (Å²) in [5, 5.41) is 12.8. The molecule has 1 fully saturated rings. The monoisotopic (exact) mass is 494 g/mol. The van der Waals surface area contributed by atoms with Gasteiger partial charge in [-0.25, -0.2) is 9.07 Å². The van der Waals surface area contributed by atoms with E-state index in [9.17, 15) is 4.39 Å². The molecule has 1 atom stereocenters. The third kappa shape index (κ3) is 5.44. The highest BCUT2D eigenvalue weighted by Crippen LogP contribution is 2.30. The average molecular weight is 495 g/mol. The van der Waals surface area contributed by atoms with Crippen LogP contribution in [0.5, 0.6) is 5.75 Å². The minimum atomic E-state index is -0.181. The first-order chi connectivity index (χ1) is 16.7. The lowest BCUT2D eigenvalue weighted by Crippen LogP contribution is -2.48. The number of aromatic nitrogens is 4. The van der Waals surface area contributed by atoms with Crippen LogP contribution in [0.1, 0.15) is 23.0 Å². The van der Waals surface area contributed by atoms with E-state index < -0.39 is 0 Å². The number of nitrogens with zero attached hydrogens (tertiary/aromatic N) is 6. The molecule has 4 aromatic rings. The largest absolute Gasteiger partial charge is 0.497 e. The minimum Gasteiger partial charge on any atom is -0.497 e. The van der Waals surface area contributed by atoms with Gasteiger partial charge in [0.2, 0.25) is 0 Å². The summed E-state index contributed by atoms with van der Waals surface area (Å²) in [6, 6.07) is 25.1. The number of hydrogen-bond acceptors (Lipinski definition) is 6. The van der Waals surface area contributed by atoms with Crippen molar-refractivity contribution in [2.24, 2.45) is 0 Å². The number of anilines is 1. The Morgan fingerprint density at radius 3 is 2.26 bits per heavy atom. The number of hydrogen-bond donors (Lipinski definition) is 0. The summed E-state index contributed by atoms with van der Waals surface area (Å²) < 4.78 is 21.5. The first kappa shape index (κ1) is 24.6. The van der Waals surface area contributed by atoms with E-state index in [0.29, 0.717) is 12.2 Å². The molecule has 0 bridgehead atoms. The van der Waals surface area contributed by atoms with Crippen molar-refractivity contribution < 1.29 is 9.13 Å². The van der Waals surface area contributed by atoms with Gasteiger partial charge in [0.25, 0.3) is 0 Å². The van der Waals surface area contributed by atoms with Crippen LogP contribution in [0.15, 0.2) is 78.9 Å². The van der Waals surface area contributed by atoms with E-state index in [1.54, 1.807) is 13.2 Å². The predicted octanol–water partition coefficient (Wildman–Crippen LogP) is 4.20. The van der Waals surface area contributed by atoms with Gasteiger partial charge in [-0.3, -0.25) is 4.90 Å². The van der Waals surface area contributed by atoms with Gasteiger partial charge in [0.05, 0.1) is 25.4 Å². The van der Waals surface area contributed by atoms with Crippen molar-refractivity contribution in [2.75, 3.05) is 38.2 Å². The van der Waals surface area contributed by atoms with E-state index in [1.165, 1.54) is 6.07 Å². The van der Waals surface area contributed by atoms with Crippen molar-refractivity contribution in [3.05, 3.63) is 102 Å². The number of methoxy groups -OCH3 is 1. The number of para-hydroxylation sites is 1. The molecule has 0 saturated carbocycles. The SMILES string of the molecule is COc1ccc(Cn2nnnc2C(c2ccccc2)N2CCN(c3ccccc3F)CC2)cc1.Cl. The second-order valence-electron chi connectivity index (χ2n) is 8.33. The summed E-state index contributed by atoms with van der Waals surface area (Å²) in [5.41, 5.74) is 2.88. The molecule has 0 N–H and O–H groups in total. The Balaban J connectivity index is 0.00000289. The molecule has 7 nitrogen and oxygen atoms in total. The lowest BCUT2D eigenvalue weighted by Gasteiger charge is -2.40. The van der Waals surface area contributed by atoms with Gasteiger partial charge in [-0.2, -0.15) is 0 Å². The maximum atomic E-state index is 14.3. The molecule has 35 heavy (non-hydrogen) atoms. The molecule has 182 valence electrons. The van der Waals surface area contributed by atoms with Crippen LogP contribution in [0.2, 0.25) is 0 Å². The number of tetrazole rings is 1. The van der Waals surface area contributed by atoms with Crippen molar-refractivity contribution in [2.45, 2.75) is 12.6 Å². The maximum Gasteiger partial charge on any atom is 0.173 e. The average Bonchev–Trinajstić information content (AvgIpc) is 3.33. The zero-order valence-corrected chi connectivity index (χ0v) is 20.3. The fourth-order valence-electron chi connectivity index (χ4n) is 4.51. The molecule has 1 unspecified atom stereocenters. The maximum absolute atomic E-state index is 14.3. The summed E-state index contributed by atoms with van der Waals surface area (Å²) in [5.74, 6) is 1.43. The summed E-state index contributed by atoms with van der Waals surface area (Å²) in [6.45, 7) is 3.55. The number of halogens is 2. The van der Waals surface area contributed by atoms with Crippen LogP contribution in [0.4, 0.5) is 10.1 Å². The fourth-order valence-corrected chi connectivity index (χ4v) is 4.51. The number of piperazine rings is 1. The predicted molar refractivity (Wildman–Crippen MR) is 136 cm³/mol. The third-order valence-corrected chi connectivity index (χ3v) is 6.28. The van der Waals surface area contributed by atoms with Crippen LogP contribution in [0, 0.1) is 5.82 Å².